The Bertz CT molecular complexity index is 398. The zero-order valence-corrected chi connectivity index (χ0v) is 14.2. The summed E-state index contributed by atoms with van der Waals surface area (Å²) in [5, 5.41) is 3.71. The Kier molecular flexibility index (Phi) is 7.25. The van der Waals surface area contributed by atoms with Gasteiger partial charge in [-0.25, -0.2) is 0 Å². The molecule has 0 saturated carbocycles. The molecule has 0 aliphatic heterocycles. The highest BCUT2D eigenvalue weighted by Crippen LogP contribution is 2.19. The van der Waals surface area contributed by atoms with Gasteiger partial charge in [-0.05, 0) is 63.9 Å². The summed E-state index contributed by atoms with van der Waals surface area (Å²) in [6.45, 7) is 16.7. The molecular weight excluding hydrogens is 244 g/mol. The van der Waals surface area contributed by atoms with Crippen molar-refractivity contribution >= 4 is 0 Å². The normalized spacial score (nSPS) is 13.2. The van der Waals surface area contributed by atoms with E-state index in [2.05, 4.69) is 70.0 Å². The molecular formula is C18H32N2. The maximum absolute atomic E-state index is 3.71. The molecule has 1 atom stereocenters. The SMILES string of the molecule is CCCNC(CN(CC)C(C)C)c1ccc(C)c(C)c1. The number of hydrogen-bond donors (Lipinski definition) is 1. The number of rotatable bonds is 8. The summed E-state index contributed by atoms with van der Waals surface area (Å²) in [7, 11) is 0. The van der Waals surface area contributed by atoms with Gasteiger partial charge >= 0.3 is 0 Å². The molecule has 0 heterocycles. The van der Waals surface area contributed by atoms with E-state index in [1.165, 1.54) is 23.1 Å². The van der Waals surface area contributed by atoms with Crippen LogP contribution in [0.4, 0.5) is 0 Å². The molecule has 114 valence electrons. The first-order valence-corrected chi connectivity index (χ1v) is 8.04. The standard InChI is InChI=1S/C18H32N2/c1-7-11-19-18(13-20(8-2)14(3)4)17-10-9-15(5)16(6)12-17/h9-10,12,14,18-19H,7-8,11,13H2,1-6H3. The Morgan fingerprint density at radius 3 is 2.30 bits per heavy atom. The molecule has 0 spiro atoms. The second-order valence-corrected chi connectivity index (χ2v) is 6.03. The van der Waals surface area contributed by atoms with Gasteiger partial charge in [0, 0.05) is 18.6 Å². The Hall–Kier alpha value is -0.860. The molecule has 0 amide bonds. The van der Waals surface area contributed by atoms with Crippen molar-refractivity contribution in [2.75, 3.05) is 19.6 Å². The molecule has 0 aliphatic rings. The minimum atomic E-state index is 0.427. The maximum Gasteiger partial charge on any atom is 0.0449 e. The lowest BCUT2D eigenvalue weighted by molar-refractivity contribution is 0.207. The van der Waals surface area contributed by atoms with E-state index >= 15 is 0 Å². The van der Waals surface area contributed by atoms with Crippen LogP contribution in [0.5, 0.6) is 0 Å². The van der Waals surface area contributed by atoms with Gasteiger partial charge in [0.2, 0.25) is 0 Å². The molecule has 1 aromatic carbocycles. The van der Waals surface area contributed by atoms with Crippen molar-refractivity contribution in [3.05, 3.63) is 34.9 Å². The third-order valence-electron chi connectivity index (χ3n) is 4.13. The third-order valence-corrected chi connectivity index (χ3v) is 4.13. The Morgan fingerprint density at radius 1 is 1.10 bits per heavy atom. The molecule has 0 radical (unpaired) electrons. The van der Waals surface area contributed by atoms with Crippen LogP contribution >= 0.6 is 0 Å². The van der Waals surface area contributed by atoms with Crippen LogP contribution in [0.25, 0.3) is 0 Å². The average molecular weight is 276 g/mol. The van der Waals surface area contributed by atoms with Gasteiger partial charge < -0.3 is 5.32 Å². The van der Waals surface area contributed by atoms with Crippen molar-refractivity contribution in [1.82, 2.24) is 10.2 Å². The minimum Gasteiger partial charge on any atom is -0.309 e. The highest BCUT2D eigenvalue weighted by molar-refractivity contribution is 5.32. The topological polar surface area (TPSA) is 15.3 Å². The van der Waals surface area contributed by atoms with E-state index in [-0.39, 0.29) is 0 Å². The van der Waals surface area contributed by atoms with Crippen molar-refractivity contribution in [3.8, 4) is 0 Å². The lowest BCUT2D eigenvalue weighted by Gasteiger charge is -2.30. The molecule has 0 saturated heterocycles. The predicted molar refractivity (Wildman–Crippen MR) is 89.3 cm³/mol. The van der Waals surface area contributed by atoms with Gasteiger partial charge in [-0.15, -0.1) is 0 Å². The molecule has 0 aromatic heterocycles. The van der Waals surface area contributed by atoms with E-state index < -0.39 is 0 Å². The highest BCUT2D eigenvalue weighted by Gasteiger charge is 2.17. The number of nitrogens with zero attached hydrogens (tertiary/aromatic N) is 1. The van der Waals surface area contributed by atoms with Crippen molar-refractivity contribution < 1.29 is 0 Å². The van der Waals surface area contributed by atoms with Crippen LogP contribution in [0.2, 0.25) is 0 Å². The van der Waals surface area contributed by atoms with Crippen LogP contribution in [0.15, 0.2) is 18.2 Å². The summed E-state index contributed by atoms with van der Waals surface area (Å²) in [5.74, 6) is 0. The van der Waals surface area contributed by atoms with E-state index in [4.69, 9.17) is 0 Å². The largest absolute Gasteiger partial charge is 0.309 e. The molecule has 2 nitrogen and oxygen atoms in total. The zero-order valence-electron chi connectivity index (χ0n) is 14.2. The molecule has 20 heavy (non-hydrogen) atoms. The van der Waals surface area contributed by atoms with Crippen LogP contribution in [-0.2, 0) is 0 Å². The number of hydrogen-bond acceptors (Lipinski definition) is 2. The summed E-state index contributed by atoms with van der Waals surface area (Å²) in [4.78, 5) is 2.53. The number of likely N-dealkylation sites (N-methyl/N-ethyl adjacent to an activating group) is 1. The highest BCUT2D eigenvalue weighted by atomic mass is 15.2. The van der Waals surface area contributed by atoms with Gasteiger partial charge in [0.1, 0.15) is 0 Å². The number of aryl methyl sites for hydroxylation is 2. The molecule has 1 aromatic rings. The fraction of sp³-hybridized carbons (Fsp3) is 0.667. The van der Waals surface area contributed by atoms with Crippen LogP contribution in [-0.4, -0.2) is 30.6 Å². The Balaban J connectivity index is 2.89. The summed E-state index contributed by atoms with van der Waals surface area (Å²) >= 11 is 0. The zero-order chi connectivity index (χ0) is 15.1. The van der Waals surface area contributed by atoms with Crippen molar-refractivity contribution in [2.24, 2.45) is 0 Å². The van der Waals surface area contributed by atoms with Crippen LogP contribution in [0.1, 0.15) is 56.8 Å². The van der Waals surface area contributed by atoms with E-state index in [0.29, 0.717) is 12.1 Å². The molecule has 1 rings (SSSR count). The van der Waals surface area contributed by atoms with Crippen LogP contribution in [0, 0.1) is 13.8 Å². The van der Waals surface area contributed by atoms with Gasteiger partial charge in [-0.3, -0.25) is 4.90 Å². The van der Waals surface area contributed by atoms with E-state index in [1.54, 1.807) is 0 Å². The summed E-state index contributed by atoms with van der Waals surface area (Å²) < 4.78 is 0. The average Bonchev–Trinajstić information content (AvgIpc) is 2.42. The van der Waals surface area contributed by atoms with Gasteiger partial charge in [0.25, 0.3) is 0 Å². The van der Waals surface area contributed by atoms with Gasteiger partial charge in [-0.2, -0.15) is 0 Å². The first-order chi connectivity index (χ1) is 9.49. The summed E-state index contributed by atoms with van der Waals surface area (Å²) in [6.07, 6.45) is 1.18. The van der Waals surface area contributed by atoms with Gasteiger partial charge in [-0.1, -0.05) is 32.0 Å². The number of nitrogens with one attached hydrogen (secondary N) is 1. The lowest BCUT2D eigenvalue weighted by atomic mass is 10.00. The fourth-order valence-electron chi connectivity index (χ4n) is 2.53. The minimum absolute atomic E-state index is 0.427. The number of benzene rings is 1. The van der Waals surface area contributed by atoms with Crippen molar-refractivity contribution in [2.45, 2.75) is 60.0 Å². The maximum atomic E-state index is 3.71. The van der Waals surface area contributed by atoms with Crippen LogP contribution in [0.3, 0.4) is 0 Å². The lowest BCUT2D eigenvalue weighted by Crippen LogP contribution is -2.39. The van der Waals surface area contributed by atoms with E-state index in [1.807, 2.05) is 0 Å². The smallest absolute Gasteiger partial charge is 0.0449 e. The van der Waals surface area contributed by atoms with Gasteiger partial charge in [0.15, 0.2) is 0 Å². The van der Waals surface area contributed by atoms with E-state index in [9.17, 15) is 0 Å². The fourth-order valence-corrected chi connectivity index (χ4v) is 2.53. The second-order valence-electron chi connectivity index (χ2n) is 6.03. The molecule has 2 heteroatoms. The van der Waals surface area contributed by atoms with Crippen molar-refractivity contribution in [1.29, 1.82) is 0 Å². The first-order valence-electron chi connectivity index (χ1n) is 8.04. The van der Waals surface area contributed by atoms with Crippen LogP contribution < -0.4 is 5.32 Å². The molecule has 0 aliphatic carbocycles. The Morgan fingerprint density at radius 2 is 1.80 bits per heavy atom. The summed E-state index contributed by atoms with van der Waals surface area (Å²) in [6, 6.07) is 7.89. The quantitative estimate of drug-likeness (QED) is 0.770. The van der Waals surface area contributed by atoms with Crippen molar-refractivity contribution in [3.63, 3.8) is 0 Å². The monoisotopic (exact) mass is 276 g/mol. The Labute approximate surface area is 125 Å². The molecule has 1 unspecified atom stereocenters. The van der Waals surface area contributed by atoms with E-state index in [0.717, 1.165) is 19.6 Å². The molecule has 0 fully saturated rings. The first kappa shape index (κ1) is 17.2. The second kappa shape index (κ2) is 8.43. The third kappa shape index (κ3) is 4.92. The summed E-state index contributed by atoms with van der Waals surface area (Å²) in [5.41, 5.74) is 4.18. The predicted octanol–water partition coefficient (Wildman–Crippen LogP) is 4.07. The van der Waals surface area contributed by atoms with Gasteiger partial charge in [0.05, 0.1) is 0 Å². The molecule has 1 N–H and O–H groups in total. The molecule has 0 bridgehead atoms.